The standard InChI is InChI=1S/C16H18N4O/c21-10-9-20-15-14(7-4-8-17-15)12-19-16(20)18-11-13-5-2-1-3-6-13/h1-8,21H,9-12H2,(H,18,19). The van der Waals surface area contributed by atoms with Crippen molar-refractivity contribution >= 4 is 11.8 Å². The van der Waals surface area contributed by atoms with Gasteiger partial charge in [0.2, 0.25) is 0 Å². The molecule has 108 valence electrons. The third kappa shape index (κ3) is 3.03. The zero-order chi connectivity index (χ0) is 14.5. The molecule has 0 atom stereocenters. The van der Waals surface area contributed by atoms with Gasteiger partial charge in [0.25, 0.3) is 0 Å². The molecule has 1 aliphatic heterocycles. The van der Waals surface area contributed by atoms with Crippen molar-refractivity contribution in [1.29, 1.82) is 0 Å². The van der Waals surface area contributed by atoms with Crippen molar-refractivity contribution in [3.8, 4) is 0 Å². The molecule has 0 saturated carbocycles. The van der Waals surface area contributed by atoms with Gasteiger partial charge in [-0.25, -0.2) is 9.98 Å². The molecule has 1 aromatic heterocycles. The molecule has 0 bridgehead atoms. The van der Waals surface area contributed by atoms with E-state index in [4.69, 9.17) is 0 Å². The van der Waals surface area contributed by atoms with Crippen LogP contribution in [0.15, 0.2) is 53.7 Å². The highest BCUT2D eigenvalue weighted by Crippen LogP contribution is 2.22. The van der Waals surface area contributed by atoms with E-state index in [2.05, 4.69) is 27.4 Å². The number of anilines is 1. The fourth-order valence-corrected chi connectivity index (χ4v) is 2.38. The van der Waals surface area contributed by atoms with Crippen LogP contribution in [0.3, 0.4) is 0 Å². The van der Waals surface area contributed by atoms with E-state index in [1.165, 1.54) is 5.56 Å². The van der Waals surface area contributed by atoms with Crippen LogP contribution < -0.4 is 10.2 Å². The van der Waals surface area contributed by atoms with Crippen LogP contribution in [0.1, 0.15) is 11.1 Å². The maximum Gasteiger partial charge on any atom is 0.200 e. The predicted molar refractivity (Wildman–Crippen MR) is 83.1 cm³/mol. The molecule has 0 amide bonds. The molecule has 0 radical (unpaired) electrons. The van der Waals surface area contributed by atoms with Crippen molar-refractivity contribution in [2.75, 3.05) is 18.1 Å². The van der Waals surface area contributed by atoms with Crippen LogP contribution in [0.5, 0.6) is 0 Å². The summed E-state index contributed by atoms with van der Waals surface area (Å²) in [7, 11) is 0. The number of guanidine groups is 1. The number of nitrogens with zero attached hydrogens (tertiary/aromatic N) is 3. The Labute approximate surface area is 124 Å². The summed E-state index contributed by atoms with van der Waals surface area (Å²) in [5.74, 6) is 1.64. The maximum absolute atomic E-state index is 9.29. The molecule has 0 fully saturated rings. The second-order valence-electron chi connectivity index (χ2n) is 4.84. The van der Waals surface area contributed by atoms with Crippen LogP contribution in [0, 0.1) is 0 Å². The average Bonchev–Trinajstić information content (AvgIpc) is 2.55. The van der Waals surface area contributed by atoms with Crippen LogP contribution in [0.2, 0.25) is 0 Å². The molecular formula is C16H18N4O. The van der Waals surface area contributed by atoms with Gasteiger partial charge in [0, 0.05) is 18.3 Å². The van der Waals surface area contributed by atoms with Crippen LogP contribution in [-0.2, 0) is 13.1 Å². The summed E-state index contributed by atoms with van der Waals surface area (Å²) in [6.45, 7) is 1.85. The normalized spacial score (nSPS) is 13.6. The van der Waals surface area contributed by atoms with Gasteiger partial charge in [0.1, 0.15) is 5.82 Å². The smallest absolute Gasteiger partial charge is 0.200 e. The lowest BCUT2D eigenvalue weighted by Crippen LogP contribution is -2.45. The van der Waals surface area contributed by atoms with Crippen LogP contribution in [0.4, 0.5) is 5.82 Å². The summed E-state index contributed by atoms with van der Waals surface area (Å²) < 4.78 is 0. The Balaban J connectivity index is 1.77. The molecule has 0 aliphatic carbocycles. The van der Waals surface area contributed by atoms with Gasteiger partial charge in [-0.1, -0.05) is 36.4 Å². The first-order chi connectivity index (χ1) is 10.4. The molecule has 2 heterocycles. The van der Waals surface area contributed by atoms with E-state index in [1.807, 2.05) is 35.2 Å². The Hall–Kier alpha value is -2.40. The molecule has 2 N–H and O–H groups in total. The van der Waals surface area contributed by atoms with Gasteiger partial charge in [-0.2, -0.15) is 0 Å². The van der Waals surface area contributed by atoms with Gasteiger partial charge in [-0.15, -0.1) is 0 Å². The highest BCUT2D eigenvalue weighted by Gasteiger charge is 2.21. The van der Waals surface area contributed by atoms with E-state index >= 15 is 0 Å². The van der Waals surface area contributed by atoms with E-state index in [1.54, 1.807) is 6.20 Å². The number of benzene rings is 1. The van der Waals surface area contributed by atoms with Crippen molar-refractivity contribution in [3.63, 3.8) is 0 Å². The summed E-state index contributed by atoms with van der Waals surface area (Å²) in [5.41, 5.74) is 2.27. The average molecular weight is 282 g/mol. The molecule has 0 unspecified atom stereocenters. The minimum Gasteiger partial charge on any atom is -0.395 e. The summed E-state index contributed by atoms with van der Waals surface area (Å²) in [6, 6.07) is 14.1. The topological polar surface area (TPSA) is 60.8 Å². The monoisotopic (exact) mass is 282 g/mol. The van der Waals surface area contributed by atoms with Crippen molar-refractivity contribution in [2.45, 2.75) is 13.1 Å². The number of pyridine rings is 1. The third-order valence-corrected chi connectivity index (χ3v) is 3.40. The zero-order valence-corrected chi connectivity index (χ0v) is 11.7. The van der Waals surface area contributed by atoms with E-state index in [9.17, 15) is 5.11 Å². The van der Waals surface area contributed by atoms with Gasteiger partial charge in [-0.3, -0.25) is 4.90 Å². The summed E-state index contributed by atoms with van der Waals surface area (Å²) in [6.07, 6.45) is 1.77. The Morgan fingerprint density at radius 1 is 1.14 bits per heavy atom. The fraction of sp³-hybridized carbons (Fsp3) is 0.250. The van der Waals surface area contributed by atoms with Crippen LogP contribution in [-0.4, -0.2) is 29.2 Å². The molecule has 5 nitrogen and oxygen atoms in total. The first kappa shape index (κ1) is 13.6. The molecule has 5 heteroatoms. The second kappa shape index (κ2) is 6.37. The number of hydrogen-bond acceptors (Lipinski definition) is 5. The summed E-state index contributed by atoms with van der Waals surface area (Å²) >= 11 is 0. The number of nitrogens with one attached hydrogen (secondary N) is 1. The molecule has 0 saturated heterocycles. The molecule has 1 aliphatic rings. The number of aromatic nitrogens is 1. The molecular weight excluding hydrogens is 264 g/mol. The minimum absolute atomic E-state index is 0.0576. The Kier molecular flexibility index (Phi) is 4.12. The quantitative estimate of drug-likeness (QED) is 0.893. The molecule has 21 heavy (non-hydrogen) atoms. The van der Waals surface area contributed by atoms with E-state index in [0.717, 1.165) is 17.3 Å². The fourth-order valence-electron chi connectivity index (χ4n) is 2.38. The lowest BCUT2D eigenvalue weighted by molar-refractivity contribution is 0.305. The van der Waals surface area contributed by atoms with Crippen LogP contribution in [0.25, 0.3) is 0 Å². The van der Waals surface area contributed by atoms with Crippen molar-refractivity contribution in [3.05, 3.63) is 59.8 Å². The SMILES string of the molecule is OCCN1C(NCc2ccccc2)=NCc2cccnc21. The van der Waals surface area contributed by atoms with Gasteiger partial charge in [-0.05, 0) is 11.6 Å². The maximum atomic E-state index is 9.29. The number of aliphatic imine (C=N–C) groups is 1. The number of rotatable bonds is 4. The second-order valence-corrected chi connectivity index (χ2v) is 4.84. The first-order valence-corrected chi connectivity index (χ1v) is 7.03. The zero-order valence-electron chi connectivity index (χ0n) is 11.7. The Bertz CT molecular complexity index is 627. The Morgan fingerprint density at radius 2 is 2.00 bits per heavy atom. The molecule has 1 aromatic carbocycles. The predicted octanol–water partition coefficient (Wildman–Crippen LogP) is 1.54. The molecule has 2 aromatic rings. The number of hydrogen-bond donors (Lipinski definition) is 2. The summed E-state index contributed by atoms with van der Waals surface area (Å²) in [5, 5.41) is 12.6. The number of aliphatic hydroxyl groups is 1. The first-order valence-electron chi connectivity index (χ1n) is 7.03. The highest BCUT2D eigenvalue weighted by molar-refractivity contribution is 5.97. The van der Waals surface area contributed by atoms with Crippen molar-refractivity contribution in [1.82, 2.24) is 10.3 Å². The number of fused-ring (bicyclic) bond motifs is 1. The molecule has 3 rings (SSSR count). The number of aliphatic hydroxyl groups excluding tert-OH is 1. The lowest BCUT2D eigenvalue weighted by atomic mass is 10.2. The van der Waals surface area contributed by atoms with Gasteiger partial charge >= 0.3 is 0 Å². The van der Waals surface area contributed by atoms with E-state index < -0.39 is 0 Å². The van der Waals surface area contributed by atoms with E-state index in [-0.39, 0.29) is 6.61 Å². The molecule has 0 spiro atoms. The lowest BCUT2D eigenvalue weighted by Gasteiger charge is -2.30. The largest absolute Gasteiger partial charge is 0.395 e. The highest BCUT2D eigenvalue weighted by atomic mass is 16.3. The van der Waals surface area contributed by atoms with Crippen molar-refractivity contribution < 1.29 is 5.11 Å². The van der Waals surface area contributed by atoms with Gasteiger partial charge in [0.15, 0.2) is 5.96 Å². The number of β-amino-alcohol motifs (C(OH)–C–C–N with tert-alkyl or cyclic N) is 1. The van der Waals surface area contributed by atoms with Crippen molar-refractivity contribution in [2.24, 2.45) is 4.99 Å². The van der Waals surface area contributed by atoms with Crippen LogP contribution >= 0.6 is 0 Å². The third-order valence-electron chi connectivity index (χ3n) is 3.40. The Morgan fingerprint density at radius 3 is 2.81 bits per heavy atom. The van der Waals surface area contributed by atoms with Gasteiger partial charge in [0.05, 0.1) is 19.7 Å². The van der Waals surface area contributed by atoms with E-state index in [0.29, 0.717) is 19.6 Å². The van der Waals surface area contributed by atoms with Gasteiger partial charge < -0.3 is 10.4 Å². The minimum atomic E-state index is 0.0576. The summed E-state index contributed by atoms with van der Waals surface area (Å²) in [4.78, 5) is 10.9.